The van der Waals surface area contributed by atoms with E-state index in [-0.39, 0.29) is 18.8 Å². The van der Waals surface area contributed by atoms with Gasteiger partial charge in [-0.1, -0.05) is 71.6 Å². The minimum atomic E-state index is -0.950. The Morgan fingerprint density at radius 3 is 1.96 bits per heavy atom. The molecule has 4 heteroatoms. The third kappa shape index (κ3) is 15.6. The van der Waals surface area contributed by atoms with Crippen molar-refractivity contribution in [2.45, 2.75) is 97.3 Å². The van der Waals surface area contributed by atoms with Crippen molar-refractivity contribution in [2.24, 2.45) is 5.92 Å². The summed E-state index contributed by atoms with van der Waals surface area (Å²) in [6.07, 6.45) is 13.3. The molecule has 0 aromatic rings. The van der Waals surface area contributed by atoms with Crippen LogP contribution in [0.25, 0.3) is 0 Å². The molecule has 0 saturated heterocycles. The Morgan fingerprint density at radius 1 is 0.826 bits per heavy atom. The first-order chi connectivity index (χ1) is 11.1. The Labute approximate surface area is 142 Å². The monoisotopic (exact) mass is 328 g/mol. The number of ether oxygens (including phenoxy) is 1. The van der Waals surface area contributed by atoms with E-state index < -0.39 is 5.97 Å². The summed E-state index contributed by atoms with van der Waals surface area (Å²) in [5.41, 5.74) is 0. The Kier molecular flexibility index (Phi) is 15.1. The zero-order valence-corrected chi connectivity index (χ0v) is 15.1. The molecule has 0 radical (unpaired) electrons. The van der Waals surface area contributed by atoms with Crippen molar-refractivity contribution in [3.63, 3.8) is 0 Å². The maximum atomic E-state index is 11.5. The van der Waals surface area contributed by atoms with Gasteiger partial charge in [-0.2, -0.15) is 0 Å². The maximum Gasteiger partial charge on any atom is 0.306 e. The Morgan fingerprint density at radius 2 is 1.35 bits per heavy atom. The van der Waals surface area contributed by atoms with E-state index in [4.69, 9.17) is 9.84 Å². The fourth-order valence-electron chi connectivity index (χ4n) is 2.70. The maximum absolute atomic E-state index is 11.5. The van der Waals surface area contributed by atoms with Crippen LogP contribution in [0.1, 0.15) is 97.3 Å². The number of carboxylic acids is 1. The first kappa shape index (κ1) is 21.9. The minimum absolute atomic E-state index is 0.0198. The number of hydrogen-bond donors (Lipinski definition) is 1. The molecule has 0 amide bonds. The summed E-state index contributed by atoms with van der Waals surface area (Å²) in [6.45, 7) is 4.87. The van der Waals surface area contributed by atoms with E-state index in [1.54, 1.807) is 0 Å². The Balaban J connectivity index is 3.93. The van der Waals surface area contributed by atoms with Crippen molar-refractivity contribution in [1.29, 1.82) is 0 Å². The topological polar surface area (TPSA) is 63.6 Å². The third-order valence-electron chi connectivity index (χ3n) is 4.20. The molecule has 136 valence electrons. The molecule has 1 unspecified atom stereocenters. The summed E-state index contributed by atoms with van der Waals surface area (Å²) >= 11 is 0. The SMILES string of the molecule is CCCCCCCCC(CCCCC)COC(=O)CCC(=O)O. The van der Waals surface area contributed by atoms with E-state index in [1.165, 1.54) is 57.8 Å². The van der Waals surface area contributed by atoms with E-state index in [0.29, 0.717) is 12.5 Å². The second-order valence-electron chi connectivity index (χ2n) is 6.50. The van der Waals surface area contributed by atoms with Gasteiger partial charge in [0.25, 0.3) is 0 Å². The molecule has 0 saturated carbocycles. The predicted molar refractivity (Wildman–Crippen MR) is 93.5 cm³/mol. The number of unbranched alkanes of at least 4 members (excludes halogenated alkanes) is 7. The van der Waals surface area contributed by atoms with E-state index in [1.807, 2.05) is 0 Å². The minimum Gasteiger partial charge on any atom is -0.481 e. The lowest BCUT2D eigenvalue weighted by Gasteiger charge is -2.17. The molecule has 23 heavy (non-hydrogen) atoms. The zero-order valence-electron chi connectivity index (χ0n) is 15.1. The zero-order chi connectivity index (χ0) is 17.3. The first-order valence-electron chi connectivity index (χ1n) is 9.47. The molecule has 0 aromatic carbocycles. The van der Waals surface area contributed by atoms with Gasteiger partial charge in [0, 0.05) is 0 Å². The molecule has 1 N–H and O–H groups in total. The van der Waals surface area contributed by atoms with Gasteiger partial charge in [0.1, 0.15) is 0 Å². The van der Waals surface area contributed by atoms with Crippen LogP contribution < -0.4 is 0 Å². The highest BCUT2D eigenvalue weighted by Gasteiger charge is 2.13. The molecule has 0 aliphatic heterocycles. The molecule has 0 aliphatic rings. The first-order valence-corrected chi connectivity index (χ1v) is 9.47. The number of rotatable bonds is 16. The second kappa shape index (κ2) is 15.8. The smallest absolute Gasteiger partial charge is 0.306 e. The quantitative estimate of drug-likeness (QED) is 0.307. The fraction of sp³-hybridized carbons (Fsp3) is 0.895. The summed E-state index contributed by atoms with van der Waals surface area (Å²) in [7, 11) is 0. The van der Waals surface area contributed by atoms with Crippen molar-refractivity contribution >= 4 is 11.9 Å². The van der Waals surface area contributed by atoms with Crippen LogP contribution in [0.3, 0.4) is 0 Å². The largest absolute Gasteiger partial charge is 0.481 e. The standard InChI is InChI=1S/C19H36O4/c1-3-5-7-8-9-11-13-17(12-10-6-4-2)16-23-19(22)15-14-18(20)21/h17H,3-16H2,1-2H3,(H,20,21). The van der Waals surface area contributed by atoms with Gasteiger partial charge in [-0.15, -0.1) is 0 Å². The van der Waals surface area contributed by atoms with Gasteiger partial charge in [0.2, 0.25) is 0 Å². The van der Waals surface area contributed by atoms with Gasteiger partial charge in [0.05, 0.1) is 19.4 Å². The van der Waals surface area contributed by atoms with Gasteiger partial charge >= 0.3 is 11.9 Å². The number of carbonyl (C=O) groups is 2. The van der Waals surface area contributed by atoms with Crippen molar-refractivity contribution in [1.82, 2.24) is 0 Å². The van der Waals surface area contributed by atoms with Crippen LogP contribution in [0, 0.1) is 5.92 Å². The van der Waals surface area contributed by atoms with E-state index in [0.717, 1.165) is 12.8 Å². The van der Waals surface area contributed by atoms with Crippen LogP contribution in [0.4, 0.5) is 0 Å². The lowest BCUT2D eigenvalue weighted by molar-refractivity contribution is -0.148. The summed E-state index contributed by atoms with van der Waals surface area (Å²) in [5, 5.41) is 8.58. The molecule has 0 bridgehead atoms. The average molecular weight is 328 g/mol. The molecule has 1 atom stereocenters. The second-order valence-corrected chi connectivity index (χ2v) is 6.50. The third-order valence-corrected chi connectivity index (χ3v) is 4.20. The normalized spacial score (nSPS) is 12.1. The van der Waals surface area contributed by atoms with E-state index in [2.05, 4.69) is 13.8 Å². The van der Waals surface area contributed by atoms with Crippen LogP contribution in [-0.4, -0.2) is 23.7 Å². The summed E-state index contributed by atoms with van der Waals surface area (Å²) in [6, 6.07) is 0. The van der Waals surface area contributed by atoms with E-state index >= 15 is 0 Å². The lowest BCUT2D eigenvalue weighted by Crippen LogP contribution is -2.15. The number of aliphatic carboxylic acids is 1. The molecule has 4 nitrogen and oxygen atoms in total. The van der Waals surface area contributed by atoms with E-state index in [9.17, 15) is 9.59 Å². The number of hydrogen-bond acceptors (Lipinski definition) is 3. The summed E-state index contributed by atoms with van der Waals surface area (Å²) in [4.78, 5) is 22.0. The van der Waals surface area contributed by atoms with Crippen molar-refractivity contribution in [3.8, 4) is 0 Å². The Hall–Kier alpha value is -1.06. The molecular formula is C19H36O4. The van der Waals surface area contributed by atoms with Crippen LogP contribution >= 0.6 is 0 Å². The molecule has 0 rings (SSSR count). The lowest BCUT2D eigenvalue weighted by atomic mass is 9.95. The summed E-state index contributed by atoms with van der Waals surface area (Å²) < 4.78 is 5.28. The van der Waals surface area contributed by atoms with Gasteiger partial charge in [0.15, 0.2) is 0 Å². The number of carboxylic acid groups (broad SMARTS) is 1. The molecule has 0 aliphatic carbocycles. The predicted octanol–water partition coefficient (Wildman–Crippen LogP) is 5.34. The number of carbonyl (C=O) groups excluding carboxylic acids is 1. The van der Waals surface area contributed by atoms with Crippen LogP contribution in [-0.2, 0) is 14.3 Å². The fourth-order valence-corrected chi connectivity index (χ4v) is 2.70. The summed E-state index contributed by atoms with van der Waals surface area (Å²) in [5.74, 6) is -0.897. The molecule has 0 fully saturated rings. The highest BCUT2D eigenvalue weighted by Crippen LogP contribution is 2.19. The average Bonchev–Trinajstić information content (AvgIpc) is 2.53. The highest BCUT2D eigenvalue weighted by atomic mass is 16.5. The van der Waals surface area contributed by atoms with Crippen molar-refractivity contribution in [3.05, 3.63) is 0 Å². The van der Waals surface area contributed by atoms with Crippen molar-refractivity contribution < 1.29 is 19.4 Å². The van der Waals surface area contributed by atoms with Gasteiger partial charge < -0.3 is 9.84 Å². The van der Waals surface area contributed by atoms with Gasteiger partial charge in [-0.25, -0.2) is 0 Å². The molecule has 0 spiro atoms. The molecular weight excluding hydrogens is 292 g/mol. The number of esters is 1. The molecule has 0 aromatic heterocycles. The highest BCUT2D eigenvalue weighted by molar-refractivity contribution is 5.76. The van der Waals surface area contributed by atoms with Crippen LogP contribution in [0.2, 0.25) is 0 Å². The van der Waals surface area contributed by atoms with Gasteiger partial charge in [-0.3, -0.25) is 9.59 Å². The van der Waals surface area contributed by atoms with Gasteiger partial charge in [-0.05, 0) is 18.8 Å². The van der Waals surface area contributed by atoms with Crippen molar-refractivity contribution in [2.75, 3.05) is 6.61 Å². The van der Waals surface area contributed by atoms with Crippen LogP contribution in [0.15, 0.2) is 0 Å². The molecule has 0 heterocycles. The Bertz CT molecular complexity index is 302. The van der Waals surface area contributed by atoms with Crippen LogP contribution in [0.5, 0.6) is 0 Å².